The number of primary sulfonamides is 1. The van der Waals surface area contributed by atoms with Gasteiger partial charge in [0.2, 0.25) is 15.9 Å². The van der Waals surface area contributed by atoms with Crippen LogP contribution in [0.3, 0.4) is 0 Å². The number of aromatic nitrogens is 2. The third kappa shape index (κ3) is 5.53. The summed E-state index contributed by atoms with van der Waals surface area (Å²) in [5.74, 6) is -0.653. The molecule has 0 saturated carbocycles. The van der Waals surface area contributed by atoms with Crippen molar-refractivity contribution in [2.75, 3.05) is 12.3 Å². The van der Waals surface area contributed by atoms with Gasteiger partial charge in [-0.1, -0.05) is 23.9 Å². The van der Waals surface area contributed by atoms with Crippen molar-refractivity contribution in [3.05, 3.63) is 81.7 Å². The Kier molecular flexibility index (Phi) is 7.12. The van der Waals surface area contributed by atoms with Gasteiger partial charge in [-0.3, -0.25) is 14.2 Å². The van der Waals surface area contributed by atoms with Gasteiger partial charge in [-0.15, -0.1) is 11.3 Å². The molecule has 0 unspecified atom stereocenters. The second-order valence-corrected chi connectivity index (χ2v) is 10.6. The van der Waals surface area contributed by atoms with Crippen LogP contribution >= 0.6 is 23.1 Å². The molecule has 176 valence electrons. The van der Waals surface area contributed by atoms with E-state index in [1.54, 1.807) is 23.6 Å². The van der Waals surface area contributed by atoms with Crippen molar-refractivity contribution in [2.45, 2.75) is 16.5 Å². The van der Waals surface area contributed by atoms with E-state index in [1.165, 1.54) is 52.3 Å². The predicted molar refractivity (Wildman–Crippen MR) is 130 cm³/mol. The summed E-state index contributed by atoms with van der Waals surface area (Å²) < 4.78 is 37.9. The maximum atomic E-state index is 13.4. The van der Waals surface area contributed by atoms with Crippen LogP contribution in [-0.2, 0) is 21.2 Å². The van der Waals surface area contributed by atoms with Gasteiger partial charge in [-0.2, -0.15) is 0 Å². The molecule has 2 aromatic heterocycles. The smallest absolute Gasteiger partial charge is 0.276 e. The minimum absolute atomic E-state index is 0.0215. The first kappa shape index (κ1) is 24.1. The lowest BCUT2D eigenvalue weighted by Crippen LogP contribution is -2.28. The van der Waals surface area contributed by atoms with Gasteiger partial charge in [-0.25, -0.2) is 22.9 Å². The number of thiophene rings is 1. The topological polar surface area (TPSA) is 124 Å². The highest BCUT2D eigenvalue weighted by Gasteiger charge is 2.16. The molecular weight excluding hydrogens is 499 g/mol. The van der Waals surface area contributed by atoms with E-state index in [1.807, 2.05) is 0 Å². The summed E-state index contributed by atoms with van der Waals surface area (Å²) in [5.41, 5.74) is 1.56. The fraction of sp³-hybridized carbons (Fsp3) is 0.136. The van der Waals surface area contributed by atoms with Crippen molar-refractivity contribution in [1.29, 1.82) is 0 Å². The molecule has 4 aromatic rings. The maximum absolute atomic E-state index is 13.4. The first-order chi connectivity index (χ1) is 16.2. The molecule has 0 atom stereocenters. The van der Waals surface area contributed by atoms with Crippen molar-refractivity contribution in [2.24, 2.45) is 5.14 Å². The SMILES string of the molecule is NS(=O)(=O)c1ccc(CCNC(=O)CSc2nc3ccsc3c(=O)n2-c2ccc(F)cc2)cc1. The van der Waals surface area contributed by atoms with Crippen molar-refractivity contribution in [1.82, 2.24) is 14.9 Å². The Morgan fingerprint density at radius 1 is 1.12 bits per heavy atom. The van der Waals surface area contributed by atoms with E-state index in [0.29, 0.717) is 34.0 Å². The number of nitrogens with two attached hydrogens (primary N) is 1. The fourth-order valence-electron chi connectivity index (χ4n) is 3.18. The second kappa shape index (κ2) is 10.1. The largest absolute Gasteiger partial charge is 0.355 e. The molecule has 0 aliphatic heterocycles. The molecule has 8 nitrogen and oxygen atoms in total. The van der Waals surface area contributed by atoms with E-state index in [0.717, 1.165) is 17.3 Å². The molecule has 12 heteroatoms. The molecule has 0 radical (unpaired) electrons. The first-order valence-electron chi connectivity index (χ1n) is 10.00. The number of nitrogens with one attached hydrogen (secondary N) is 1. The molecule has 2 heterocycles. The highest BCUT2D eigenvalue weighted by Crippen LogP contribution is 2.23. The van der Waals surface area contributed by atoms with E-state index >= 15 is 0 Å². The third-order valence-electron chi connectivity index (χ3n) is 4.85. The van der Waals surface area contributed by atoms with Gasteiger partial charge in [0.15, 0.2) is 5.16 Å². The first-order valence-corrected chi connectivity index (χ1v) is 13.4. The number of hydrogen-bond acceptors (Lipinski definition) is 7. The van der Waals surface area contributed by atoms with Gasteiger partial charge < -0.3 is 5.32 Å². The summed E-state index contributed by atoms with van der Waals surface area (Å²) in [6.07, 6.45) is 0.501. The average molecular weight is 519 g/mol. The molecule has 34 heavy (non-hydrogen) atoms. The Bertz CT molecular complexity index is 1500. The lowest BCUT2D eigenvalue weighted by molar-refractivity contribution is -0.118. The zero-order valence-electron chi connectivity index (χ0n) is 17.6. The second-order valence-electron chi connectivity index (χ2n) is 7.22. The van der Waals surface area contributed by atoms with Crippen molar-refractivity contribution < 1.29 is 17.6 Å². The van der Waals surface area contributed by atoms with Gasteiger partial charge in [0, 0.05) is 6.54 Å². The van der Waals surface area contributed by atoms with Gasteiger partial charge >= 0.3 is 0 Å². The number of carbonyl (C=O) groups excluding carboxylic acids is 1. The summed E-state index contributed by atoms with van der Waals surface area (Å²) in [4.78, 5) is 30.0. The number of sulfonamides is 1. The Labute approximate surface area is 202 Å². The highest BCUT2D eigenvalue weighted by molar-refractivity contribution is 7.99. The molecule has 3 N–H and O–H groups in total. The maximum Gasteiger partial charge on any atom is 0.276 e. The standard InChI is InChI=1S/C22H19FN4O4S3/c23-15-3-5-16(6-4-15)27-21(29)20-18(10-12-32-20)26-22(27)33-13-19(28)25-11-9-14-1-7-17(8-2-14)34(24,30)31/h1-8,10,12H,9,11,13H2,(H,25,28)(H2,24,30,31). The average Bonchev–Trinajstić information content (AvgIpc) is 3.27. The number of fused-ring (bicyclic) bond motifs is 1. The monoisotopic (exact) mass is 518 g/mol. The number of carbonyl (C=O) groups is 1. The van der Waals surface area contributed by atoms with Gasteiger partial charge in [-0.05, 0) is 59.8 Å². The molecule has 2 aromatic carbocycles. The lowest BCUT2D eigenvalue weighted by Gasteiger charge is -2.12. The van der Waals surface area contributed by atoms with Crippen LogP contribution in [0.15, 0.2) is 74.8 Å². The van der Waals surface area contributed by atoms with Crippen LogP contribution in [-0.4, -0.2) is 36.2 Å². The number of halogens is 1. The summed E-state index contributed by atoms with van der Waals surface area (Å²) in [6, 6.07) is 13.4. The van der Waals surface area contributed by atoms with Crippen LogP contribution in [0.2, 0.25) is 0 Å². The Morgan fingerprint density at radius 2 is 1.82 bits per heavy atom. The number of thioether (sulfide) groups is 1. The minimum Gasteiger partial charge on any atom is -0.355 e. The molecule has 0 aliphatic rings. The van der Waals surface area contributed by atoms with Crippen molar-refractivity contribution in [3.8, 4) is 5.69 Å². The third-order valence-corrected chi connectivity index (χ3v) is 7.61. The van der Waals surface area contributed by atoms with Gasteiger partial charge in [0.25, 0.3) is 5.56 Å². The number of benzene rings is 2. The molecule has 0 saturated heterocycles. The zero-order chi connectivity index (χ0) is 24.3. The van der Waals surface area contributed by atoms with E-state index in [9.17, 15) is 22.4 Å². The van der Waals surface area contributed by atoms with E-state index in [4.69, 9.17) is 5.14 Å². The minimum atomic E-state index is -3.75. The molecule has 0 bridgehead atoms. The van der Waals surface area contributed by atoms with Crippen molar-refractivity contribution >= 4 is 49.2 Å². The molecular formula is C22H19FN4O4S3. The summed E-state index contributed by atoms with van der Waals surface area (Å²) in [7, 11) is -3.75. The normalized spacial score (nSPS) is 11.6. The Morgan fingerprint density at radius 3 is 2.50 bits per heavy atom. The van der Waals surface area contributed by atoms with E-state index < -0.39 is 15.8 Å². The fourth-order valence-corrected chi connectivity index (χ4v) is 5.30. The summed E-state index contributed by atoms with van der Waals surface area (Å²) >= 11 is 2.38. The number of nitrogens with zero attached hydrogens (tertiary/aromatic N) is 2. The van der Waals surface area contributed by atoms with Crippen molar-refractivity contribution in [3.63, 3.8) is 0 Å². The zero-order valence-corrected chi connectivity index (χ0v) is 20.1. The Hall–Kier alpha value is -3.06. The molecule has 0 aliphatic carbocycles. The predicted octanol–water partition coefficient (Wildman–Crippen LogP) is 2.68. The van der Waals surface area contributed by atoms with Gasteiger partial charge in [0.05, 0.1) is 21.9 Å². The van der Waals surface area contributed by atoms with E-state index in [2.05, 4.69) is 10.3 Å². The number of amides is 1. The molecule has 4 rings (SSSR count). The number of hydrogen-bond donors (Lipinski definition) is 2. The quantitative estimate of drug-likeness (QED) is 0.273. The van der Waals surface area contributed by atoms with Crippen LogP contribution in [0, 0.1) is 5.82 Å². The molecule has 0 fully saturated rings. The van der Waals surface area contributed by atoms with Crippen LogP contribution in [0.1, 0.15) is 5.56 Å². The summed E-state index contributed by atoms with van der Waals surface area (Å²) in [5, 5.41) is 9.98. The van der Waals surface area contributed by atoms with E-state index in [-0.39, 0.29) is 22.1 Å². The van der Waals surface area contributed by atoms with Crippen LogP contribution in [0.5, 0.6) is 0 Å². The molecule has 1 amide bonds. The summed E-state index contributed by atoms with van der Waals surface area (Å²) in [6.45, 7) is 0.343. The van der Waals surface area contributed by atoms with Gasteiger partial charge in [0.1, 0.15) is 10.5 Å². The number of rotatable bonds is 8. The van der Waals surface area contributed by atoms with Crippen LogP contribution in [0.25, 0.3) is 15.9 Å². The van der Waals surface area contributed by atoms with Crippen LogP contribution < -0.4 is 16.0 Å². The highest BCUT2D eigenvalue weighted by atomic mass is 32.2. The Balaban J connectivity index is 1.43. The van der Waals surface area contributed by atoms with Crippen LogP contribution in [0.4, 0.5) is 4.39 Å². The lowest BCUT2D eigenvalue weighted by atomic mass is 10.1. The molecule has 0 spiro atoms.